The third-order valence-electron chi connectivity index (χ3n) is 3.16. The van der Waals surface area contributed by atoms with Crippen molar-refractivity contribution < 1.29 is 18.3 Å². The number of hydrogen-bond acceptors (Lipinski definition) is 5. The van der Waals surface area contributed by atoms with Gasteiger partial charge in [-0.25, -0.2) is 8.42 Å². The summed E-state index contributed by atoms with van der Waals surface area (Å²) in [6, 6.07) is 5.64. The average Bonchev–Trinajstić information content (AvgIpc) is 2.63. The number of nitrogens with one attached hydrogen (secondary N) is 1. The van der Waals surface area contributed by atoms with Crippen LogP contribution in [-0.4, -0.2) is 43.8 Å². The number of ether oxygens (including phenoxy) is 1. The molecule has 0 saturated carbocycles. The second kappa shape index (κ2) is 6.43. The van der Waals surface area contributed by atoms with Gasteiger partial charge in [-0.05, 0) is 28.5 Å². The van der Waals surface area contributed by atoms with E-state index in [4.69, 9.17) is 4.74 Å². The Morgan fingerprint density at radius 3 is 2.80 bits per heavy atom. The van der Waals surface area contributed by atoms with E-state index >= 15 is 0 Å². The predicted molar refractivity (Wildman–Crippen MR) is 80.6 cm³/mol. The van der Waals surface area contributed by atoms with Gasteiger partial charge in [0.05, 0.1) is 16.0 Å². The molecule has 0 bridgehead atoms. The zero-order valence-electron chi connectivity index (χ0n) is 11.2. The topological polar surface area (TPSA) is 75.6 Å². The number of aliphatic hydroxyl groups excluding tert-OH is 1. The summed E-state index contributed by atoms with van der Waals surface area (Å²) in [7, 11) is -3.21. The first kappa shape index (κ1) is 15.8. The van der Waals surface area contributed by atoms with Crippen LogP contribution in [0.25, 0.3) is 0 Å². The summed E-state index contributed by atoms with van der Waals surface area (Å²) in [6.07, 6.45) is -1.68. The number of aliphatic hydroxyl groups is 1. The molecule has 0 spiro atoms. The van der Waals surface area contributed by atoms with Crippen LogP contribution >= 0.6 is 15.9 Å². The molecule has 2 N–H and O–H groups in total. The molecule has 0 radical (unpaired) electrons. The van der Waals surface area contributed by atoms with Gasteiger partial charge in [0.25, 0.3) is 0 Å². The monoisotopic (exact) mass is 363 g/mol. The van der Waals surface area contributed by atoms with E-state index < -0.39 is 22.0 Å². The Labute approximate surface area is 127 Å². The van der Waals surface area contributed by atoms with E-state index in [0.717, 1.165) is 16.6 Å². The van der Waals surface area contributed by atoms with Crippen molar-refractivity contribution in [3.8, 4) is 5.75 Å². The summed E-state index contributed by atoms with van der Waals surface area (Å²) in [5, 5.41) is 13.0. The Kier molecular flexibility index (Phi) is 5.06. The molecule has 20 heavy (non-hydrogen) atoms. The van der Waals surface area contributed by atoms with E-state index in [1.807, 2.05) is 25.1 Å². The maximum absolute atomic E-state index is 11.5. The van der Waals surface area contributed by atoms with Gasteiger partial charge in [0.15, 0.2) is 9.84 Å². The highest BCUT2D eigenvalue weighted by Gasteiger charge is 2.38. The van der Waals surface area contributed by atoms with Crippen LogP contribution in [0, 0.1) is 0 Å². The summed E-state index contributed by atoms with van der Waals surface area (Å²) >= 11 is 3.41. The molecule has 1 fully saturated rings. The fraction of sp³-hybridized carbons (Fsp3) is 0.538. The Morgan fingerprint density at radius 1 is 1.45 bits per heavy atom. The molecule has 7 heteroatoms. The largest absolute Gasteiger partial charge is 0.485 e. The molecule has 1 aromatic carbocycles. The lowest BCUT2D eigenvalue weighted by molar-refractivity contribution is 0.0725. The van der Waals surface area contributed by atoms with Gasteiger partial charge in [-0.3, -0.25) is 0 Å². The van der Waals surface area contributed by atoms with Crippen LogP contribution in [0.1, 0.15) is 12.5 Å². The Morgan fingerprint density at radius 2 is 2.20 bits per heavy atom. The summed E-state index contributed by atoms with van der Waals surface area (Å²) in [5.41, 5.74) is 0.928. The molecule has 1 aromatic rings. The third kappa shape index (κ3) is 3.72. The van der Waals surface area contributed by atoms with Gasteiger partial charge in [0.2, 0.25) is 0 Å². The summed E-state index contributed by atoms with van der Waals surface area (Å²) < 4.78 is 29.6. The summed E-state index contributed by atoms with van der Waals surface area (Å²) in [5.74, 6) is 0.218. The van der Waals surface area contributed by atoms with Crippen molar-refractivity contribution in [1.29, 1.82) is 0 Å². The van der Waals surface area contributed by atoms with Crippen molar-refractivity contribution in [1.82, 2.24) is 5.32 Å². The van der Waals surface area contributed by atoms with Gasteiger partial charge >= 0.3 is 0 Å². The van der Waals surface area contributed by atoms with Gasteiger partial charge < -0.3 is 15.2 Å². The number of hydrogen-bond donors (Lipinski definition) is 2. The predicted octanol–water partition coefficient (Wildman–Crippen LogP) is 1.10. The lowest BCUT2D eigenvalue weighted by atomic mass is 10.2. The molecule has 1 heterocycles. The molecule has 1 aliphatic rings. The first-order valence-electron chi connectivity index (χ1n) is 6.46. The van der Waals surface area contributed by atoms with Crippen molar-refractivity contribution in [2.24, 2.45) is 0 Å². The number of halogens is 1. The van der Waals surface area contributed by atoms with Gasteiger partial charge in [-0.2, -0.15) is 0 Å². The number of rotatable bonds is 5. The fourth-order valence-electron chi connectivity index (χ4n) is 2.15. The molecule has 0 amide bonds. The summed E-state index contributed by atoms with van der Waals surface area (Å²) in [4.78, 5) is 0. The average molecular weight is 364 g/mol. The van der Waals surface area contributed by atoms with Crippen molar-refractivity contribution in [3.05, 3.63) is 28.2 Å². The smallest absolute Gasteiger partial charge is 0.156 e. The minimum Gasteiger partial charge on any atom is -0.485 e. The highest BCUT2D eigenvalue weighted by Crippen LogP contribution is 2.31. The van der Waals surface area contributed by atoms with Crippen LogP contribution in [0.15, 0.2) is 22.7 Å². The van der Waals surface area contributed by atoms with Crippen molar-refractivity contribution >= 4 is 25.8 Å². The van der Waals surface area contributed by atoms with Crippen molar-refractivity contribution in [2.75, 3.05) is 18.1 Å². The zero-order valence-corrected chi connectivity index (χ0v) is 13.6. The van der Waals surface area contributed by atoms with Crippen LogP contribution in [0.2, 0.25) is 0 Å². The van der Waals surface area contributed by atoms with Gasteiger partial charge in [-0.1, -0.05) is 19.1 Å². The fourth-order valence-corrected chi connectivity index (χ4v) is 4.31. The van der Waals surface area contributed by atoms with E-state index in [0.29, 0.717) is 12.3 Å². The highest BCUT2D eigenvalue weighted by molar-refractivity contribution is 9.10. The molecule has 2 atom stereocenters. The maximum atomic E-state index is 11.5. The third-order valence-corrected chi connectivity index (χ3v) is 5.47. The van der Waals surface area contributed by atoms with Crippen LogP contribution in [-0.2, 0) is 16.4 Å². The van der Waals surface area contributed by atoms with Gasteiger partial charge in [0.1, 0.15) is 18.0 Å². The van der Waals surface area contributed by atoms with Crippen LogP contribution in [0.5, 0.6) is 5.75 Å². The first-order chi connectivity index (χ1) is 9.43. The molecule has 1 aliphatic heterocycles. The zero-order chi connectivity index (χ0) is 14.8. The molecule has 0 aliphatic carbocycles. The van der Waals surface area contributed by atoms with Crippen molar-refractivity contribution in [3.63, 3.8) is 0 Å². The number of benzene rings is 1. The number of para-hydroxylation sites is 1. The lowest BCUT2D eigenvalue weighted by Crippen LogP contribution is -2.30. The van der Waals surface area contributed by atoms with E-state index in [-0.39, 0.29) is 11.5 Å². The van der Waals surface area contributed by atoms with Crippen molar-refractivity contribution in [2.45, 2.75) is 25.7 Å². The second-order valence-electron chi connectivity index (χ2n) is 4.81. The van der Waals surface area contributed by atoms with E-state index in [1.165, 1.54) is 0 Å². The molecule has 2 unspecified atom stereocenters. The molecule has 2 rings (SSSR count). The lowest BCUT2D eigenvalue weighted by Gasteiger charge is -2.19. The Bertz CT molecular complexity index is 576. The SMILES string of the molecule is CCNCc1cccc(Br)c1OC1CS(=O)(=O)CC1O. The van der Waals surface area contributed by atoms with Gasteiger partial charge in [-0.15, -0.1) is 0 Å². The molecule has 112 valence electrons. The second-order valence-corrected chi connectivity index (χ2v) is 7.82. The Hall–Kier alpha value is -0.630. The van der Waals surface area contributed by atoms with Crippen LogP contribution in [0.3, 0.4) is 0 Å². The minimum absolute atomic E-state index is 0.143. The van der Waals surface area contributed by atoms with Gasteiger partial charge in [0, 0.05) is 12.1 Å². The Balaban J connectivity index is 2.20. The molecular weight excluding hydrogens is 346 g/mol. The highest BCUT2D eigenvalue weighted by atomic mass is 79.9. The molecule has 5 nitrogen and oxygen atoms in total. The maximum Gasteiger partial charge on any atom is 0.156 e. The normalized spacial score (nSPS) is 24.8. The van der Waals surface area contributed by atoms with Crippen LogP contribution in [0.4, 0.5) is 0 Å². The summed E-state index contributed by atoms with van der Waals surface area (Å²) in [6.45, 7) is 3.46. The quantitative estimate of drug-likeness (QED) is 0.818. The van der Waals surface area contributed by atoms with E-state index in [9.17, 15) is 13.5 Å². The molecular formula is C13H18BrNO4S. The molecule has 1 saturated heterocycles. The molecule has 0 aromatic heterocycles. The van der Waals surface area contributed by atoms with E-state index in [1.54, 1.807) is 0 Å². The number of sulfone groups is 1. The van der Waals surface area contributed by atoms with E-state index in [2.05, 4.69) is 21.2 Å². The first-order valence-corrected chi connectivity index (χ1v) is 9.07. The minimum atomic E-state index is -3.21. The van der Waals surface area contributed by atoms with Crippen LogP contribution < -0.4 is 10.1 Å². The standard InChI is InChI=1S/C13H18BrNO4S/c1-2-15-6-9-4-3-5-10(14)13(9)19-12-8-20(17,18)7-11(12)16/h3-5,11-12,15-16H,2,6-8H2,1H3.